The van der Waals surface area contributed by atoms with Gasteiger partial charge in [0.1, 0.15) is 0 Å². The number of hydrogen-bond acceptors (Lipinski definition) is 2. The summed E-state index contributed by atoms with van der Waals surface area (Å²) >= 11 is 0. The summed E-state index contributed by atoms with van der Waals surface area (Å²) in [5.41, 5.74) is 5.19. The van der Waals surface area contributed by atoms with Crippen molar-refractivity contribution in [1.82, 2.24) is 10.6 Å². The van der Waals surface area contributed by atoms with Crippen LogP contribution < -0.4 is 10.6 Å². The monoisotopic (exact) mass is 592 g/mol. The second-order valence-electron chi connectivity index (χ2n) is 12.1. The Morgan fingerprint density at radius 1 is 0.326 bits per heavy atom. The van der Waals surface area contributed by atoms with Crippen molar-refractivity contribution in [3.05, 3.63) is 192 Å². The number of rotatable bonds is 9. The molecule has 0 radical (unpaired) electrons. The van der Waals surface area contributed by atoms with Crippen LogP contribution in [0.3, 0.4) is 0 Å². The van der Waals surface area contributed by atoms with Crippen LogP contribution in [0.15, 0.2) is 170 Å². The molecule has 0 aromatic heterocycles. The molecule has 0 amide bonds. The third-order valence-corrected chi connectivity index (χ3v) is 9.41. The maximum Gasteiger partial charge on any atom is 0.0521 e. The van der Waals surface area contributed by atoms with Crippen molar-refractivity contribution in [3.63, 3.8) is 0 Å². The molecule has 2 heteroatoms. The second kappa shape index (κ2) is 12.6. The summed E-state index contributed by atoms with van der Waals surface area (Å²) < 4.78 is 0. The van der Waals surface area contributed by atoms with Crippen LogP contribution >= 0.6 is 0 Å². The number of nitrogens with one attached hydrogen (secondary N) is 2. The molecule has 0 fully saturated rings. The van der Waals surface area contributed by atoms with E-state index in [9.17, 15) is 0 Å². The number of fused-ring (bicyclic) bond motifs is 4. The molecule has 222 valence electrons. The van der Waals surface area contributed by atoms with E-state index in [1.165, 1.54) is 65.3 Å². The molecule has 2 atom stereocenters. The van der Waals surface area contributed by atoms with Crippen molar-refractivity contribution in [3.8, 4) is 0 Å². The SMILES string of the molecule is c1ccc([C@H](NCc2c3ccccc3cc3ccccc23)[C@@H](NCc2c3ccccc3cc3ccccc23)c2ccccc2)cc1. The highest BCUT2D eigenvalue weighted by molar-refractivity contribution is 6.03. The second-order valence-corrected chi connectivity index (χ2v) is 12.1. The molecule has 8 rings (SSSR count). The fourth-order valence-electron chi connectivity index (χ4n) is 7.20. The molecule has 0 heterocycles. The molecule has 46 heavy (non-hydrogen) atoms. The van der Waals surface area contributed by atoms with Crippen LogP contribution in [0.5, 0.6) is 0 Å². The predicted octanol–water partition coefficient (Wildman–Crippen LogP) is 10.7. The molecule has 0 spiro atoms. The first-order chi connectivity index (χ1) is 22.8. The van der Waals surface area contributed by atoms with Crippen molar-refractivity contribution in [1.29, 1.82) is 0 Å². The molecule has 0 aliphatic rings. The lowest BCUT2D eigenvalue weighted by Crippen LogP contribution is -2.35. The van der Waals surface area contributed by atoms with Gasteiger partial charge in [0, 0.05) is 13.1 Å². The maximum absolute atomic E-state index is 4.08. The van der Waals surface area contributed by atoms with Gasteiger partial charge in [-0.1, -0.05) is 158 Å². The summed E-state index contributed by atoms with van der Waals surface area (Å²) in [5.74, 6) is 0. The summed E-state index contributed by atoms with van der Waals surface area (Å²) in [4.78, 5) is 0. The quantitative estimate of drug-likeness (QED) is 0.163. The van der Waals surface area contributed by atoms with Crippen LogP contribution in [0.25, 0.3) is 43.1 Å². The highest BCUT2D eigenvalue weighted by atomic mass is 15.0. The van der Waals surface area contributed by atoms with Crippen molar-refractivity contribution in [2.75, 3.05) is 0 Å². The van der Waals surface area contributed by atoms with Gasteiger partial charge in [-0.3, -0.25) is 0 Å². The standard InChI is InChI=1S/C44H36N2/c1-3-15-31(16-4-1)43(45-29-41-37-23-11-7-19-33(37)27-34-20-8-12-24-38(34)41)44(32-17-5-2-6-18-32)46-30-42-39-25-13-9-21-35(39)28-36-22-10-14-26-40(36)42/h1-28,43-46H,29-30H2/t43-,44-/m0/s1. The van der Waals surface area contributed by atoms with Crippen LogP contribution in [0, 0.1) is 0 Å². The van der Waals surface area contributed by atoms with E-state index >= 15 is 0 Å². The fraction of sp³-hybridized carbons (Fsp3) is 0.0909. The van der Waals surface area contributed by atoms with Gasteiger partial charge in [-0.2, -0.15) is 0 Å². The minimum atomic E-state index is 0.0163. The van der Waals surface area contributed by atoms with Crippen LogP contribution in [0.1, 0.15) is 34.3 Å². The van der Waals surface area contributed by atoms with Crippen LogP contribution in [-0.4, -0.2) is 0 Å². The van der Waals surface area contributed by atoms with E-state index in [4.69, 9.17) is 0 Å². The molecule has 0 saturated carbocycles. The first-order valence-electron chi connectivity index (χ1n) is 16.2. The molecule has 8 aromatic carbocycles. The highest BCUT2D eigenvalue weighted by Gasteiger charge is 2.25. The van der Waals surface area contributed by atoms with Gasteiger partial charge < -0.3 is 10.6 Å². The van der Waals surface area contributed by atoms with Gasteiger partial charge in [-0.05, 0) is 77.5 Å². The fourth-order valence-corrected chi connectivity index (χ4v) is 7.20. The molecule has 8 aromatic rings. The van der Waals surface area contributed by atoms with E-state index < -0.39 is 0 Å². The Morgan fingerprint density at radius 2 is 0.609 bits per heavy atom. The summed E-state index contributed by atoms with van der Waals surface area (Å²) in [6.07, 6.45) is 0. The van der Waals surface area contributed by atoms with Gasteiger partial charge in [0.25, 0.3) is 0 Å². The van der Waals surface area contributed by atoms with Crippen molar-refractivity contribution < 1.29 is 0 Å². The van der Waals surface area contributed by atoms with Crippen LogP contribution in [0.4, 0.5) is 0 Å². The Kier molecular flexibility index (Phi) is 7.73. The zero-order chi connectivity index (χ0) is 30.7. The van der Waals surface area contributed by atoms with Crippen molar-refractivity contribution >= 4 is 43.1 Å². The largest absolute Gasteiger partial charge is 0.304 e. The van der Waals surface area contributed by atoms with E-state index in [0.29, 0.717) is 0 Å². The van der Waals surface area contributed by atoms with Gasteiger partial charge in [-0.15, -0.1) is 0 Å². The molecule has 0 aliphatic carbocycles. The lowest BCUT2D eigenvalue weighted by molar-refractivity contribution is 0.383. The molecule has 0 aliphatic heterocycles. The van der Waals surface area contributed by atoms with Crippen molar-refractivity contribution in [2.45, 2.75) is 25.2 Å². The van der Waals surface area contributed by atoms with Gasteiger partial charge in [0.15, 0.2) is 0 Å². The number of benzene rings is 8. The summed E-state index contributed by atoms with van der Waals surface area (Å²) in [5, 5.41) is 18.5. The van der Waals surface area contributed by atoms with Gasteiger partial charge in [-0.25, -0.2) is 0 Å². The van der Waals surface area contributed by atoms with E-state index in [-0.39, 0.29) is 12.1 Å². The Hall–Kier alpha value is -5.28. The molecule has 2 N–H and O–H groups in total. The van der Waals surface area contributed by atoms with Gasteiger partial charge >= 0.3 is 0 Å². The van der Waals surface area contributed by atoms with Crippen molar-refractivity contribution in [2.24, 2.45) is 0 Å². The van der Waals surface area contributed by atoms with E-state index in [0.717, 1.165) is 13.1 Å². The van der Waals surface area contributed by atoms with Crippen LogP contribution in [-0.2, 0) is 13.1 Å². The minimum Gasteiger partial charge on any atom is -0.304 e. The topological polar surface area (TPSA) is 24.1 Å². The molecule has 2 nitrogen and oxygen atoms in total. The average Bonchev–Trinajstić information content (AvgIpc) is 3.12. The van der Waals surface area contributed by atoms with Crippen LogP contribution in [0.2, 0.25) is 0 Å². The zero-order valence-corrected chi connectivity index (χ0v) is 25.7. The Bertz CT molecular complexity index is 2000. The third kappa shape index (κ3) is 5.43. The summed E-state index contributed by atoms with van der Waals surface area (Å²) in [6, 6.07) is 61.5. The lowest BCUT2D eigenvalue weighted by Gasteiger charge is -2.31. The maximum atomic E-state index is 4.08. The first-order valence-corrected chi connectivity index (χ1v) is 16.2. The minimum absolute atomic E-state index is 0.0163. The predicted molar refractivity (Wildman–Crippen MR) is 195 cm³/mol. The normalized spacial score (nSPS) is 13.0. The Balaban J connectivity index is 1.22. The summed E-state index contributed by atoms with van der Waals surface area (Å²) in [6.45, 7) is 1.48. The molecular formula is C44H36N2. The highest BCUT2D eigenvalue weighted by Crippen LogP contribution is 2.34. The van der Waals surface area contributed by atoms with E-state index in [1.807, 2.05) is 0 Å². The van der Waals surface area contributed by atoms with E-state index in [2.05, 4.69) is 180 Å². The average molecular weight is 593 g/mol. The third-order valence-electron chi connectivity index (χ3n) is 9.41. The lowest BCUT2D eigenvalue weighted by atomic mass is 9.91. The molecule has 0 unspecified atom stereocenters. The number of hydrogen-bond donors (Lipinski definition) is 2. The molecular weight excluding hydrogens is 556 g/mol. The van der Waals surface area contributed by atoms with Gasteiger partial charge in [0.2, 0.25) is 0 Å². The molecule has 0 saturated heterocycles. The Morgan fingerprint density at radius 3 is 0.935 bits per heavy atom. The molecule has 0 bridgehead atoms. The first kappa shape index (κ1) is 28.2. The Labute approximate surface area is 270 Å². The van der Waals surface area contributed by atoms with Gasteiger partial charge in [0.05, 0.1) is 12.1 Å². The summed E-state index contributed by atoms with van der Waals surface area (Å²) in [7, 11) is 0. The smallest absolute Gasteiger partial charge is 0.0521 e. The van der Waals surface area contributed by atoms with E-state index in [1.54, 1.807) is 0 Å². The zero-order valence-electron chi connectivity index (χ0n) is 25.7.